The third-order valence-electron chi connectivity index (χ3n) is 2.13. The smallest absolute Gasteiger partial charge is 0.371 e. The quantitative estimate of drug-likeness (QED) is 0.688. The highest BCUT2D eigenvalue weighted by atomic mass is 19.3. The Balaban J connectivity index is 4.86. The van der Waals surface area contributed by atoms with Crippen molar-refractivity contribution in [1.29, 1.82) is 0 Å². The molecule has 1 N–H and O–H groups in total. The molecule has 0 aromatic rings. The Labute approximate surface area is 89.4 Å². The zero-order chi connectivity index (χ0) is 13.0. The van der Waals surface area contributed by atoms with Crippen molar-refractivity contribution in [2.75, 3.05) is 6.61 Å². The molecule has 0 aliphatic carbocycles. The van der Waals surface area contributed by atoms with Crippen LogP contribution in [0.15, 0.2) is 0 Å². The molecule has 0 atom stereocenters. The number of halogens is 6. The fourth-order valence-electron chi connectivity index (χ4n) is 1.20. The molecule has 0 bridgehead atoms. The van der Waals surface area contributed by atoms with E-state index in [1.807, 2.05) is 0 Å². The SMILES string of the molecule is CCCC(F)(F)C(F)(F)C(F)(F)CCCO. The first-order valence-corrected chi connectivity index (χ1v) is 4.86. The second-order valence-corrected chi connectivity index (χ2v) is 3.56. The van der Waals surface area contributed by atoms with E-state index in [1.165, 1.54) is 6.92 Å². The summed E-state index contributed by atoms with van der Waals surface area (Å²) in [5, 5.41) is 8.24. The minimum Gasteiger partial charge on any atom is -0.396 e. The van der Waals surface area contributed by atoms with Gasteiger partial charge in [-0.15, -0.1) is 0 Å². The number of hydrogen-bond donors (Lipinski definition) is 1. The predicted molar refractivity (Wildman–Crippen MR) is 46.1 cm³/mol. The Morgan fingerprint density at radius 2 is 1.31 bits per heavy atom. The topological polar surface area (TPSA) is 20.2 Å². The molecule has 0 aromatic heterocycles. The van der Waals surface area contributed by atoms with Crippen molar-refractivity contribution in [1.82, 2.24) is 0 Å². The molecular formula is C9H14F6O. The van der Waals surface area contributed by atoms with Gasteiger partial charge in [-0.3, -0.25) is 0 Å². The number of aliphatic hydroxyl groups is 1. The van der Waals surface area contributed by atoms with Crippen molar-refractivity contribution in [2.24, 2.45) is 0 Å². The summed E-state index contributed by atoms with van der Waals surface area (Å²) in [6, 6.07) is 0. The molecule has 0 amide bonds. The van der Waals surface area contributed by atoms with Gasteiger partial charge in [0.1, 0.15) is 0 Å². The Morgan fingerprint density at radius 1 is 0.875 bits per heavy atom. The summed E-state index contributed by atoms with van der Waals surface area (Å²) in [7, 11) is 0. The highest BCUT2D eigenvalue weighted by Crippen LogP contribution is 2.49. The third kappa shape index (κ3) is 3.02. The molecule has 0 aliphatic heterocycles. The lowest BCUT2D eigenvalue weighted by atomic mass is 9.97. The fourth-order valence-corrected chi connectivity index (χ4v) is 1.20. The van der Waals surface area contributed by atoms with Crippen LogP contribution in [0.25, 0.3) is 0 Å². The Kier molecular flexibility index (Phi) is 5.10. The summed E-state index contributed by atoms with van der Waals surface area (Å²) in [6.07, 6.45) is -3.73. The second kappa shape index (κ2) is 5.25. The lowest BCUT2D eigenvalue weighted by molar-refractivity contribution is -0.312. The highest BCUT2D eigenvalue weighted by molar-refractivity contribution is 4.95. The third-order valence-corrected chi connectivity index (χ3v) is 2.13. The molecule has 1 nitrogen and oxygen atoms in total. The molecule has 0 aliphatic rings. The minimum atomic E-state index is -5.38. The van der Waals surface area contributed by atoms with Crippen LogP contribution in [0.5, 0.6) is 0 Å². The molecule has 0 aromatic carbocycles. The van der Waals surface area contributed by atoms with Crippen LogP contribution in [0.1, 0.15) is 32.6 Å². The standard InChI is InChI=1S/C9H14F6O/c1-2-4-7(10,11)9(14,15)8(12,13)5-3-6-16/h16H,2-6H2,1H3. The summed E-state index contributed by atoms with van der Waals surface area (Å²) in [4.78, 5) is 0. The zero-order valence-electron chi connectivity index (χ0n) is 8.75. The Morgan fingerprint density at radius 3 is 1.69 bits per heavy atom. The zero-order valence-corrected chi connectivity index (χ0v) is 8.75. The van der Waals surface area contributed by atoms with Gasteiger partial charge in [0, 0.05) is 19.4 Å². The van der Waals surface area contributed by atoms with Gasteiger partial charge in [-0.1, -0.05) is 13.3 Å². The van der Waals surface area contributed by atoms with E-state index in [4.69, 9.17) is 5.11 Å². The van der Waals surface area contributed by atoms with Gasteiger partial charge >= 0.3 is 17.8 Å². The maximum Gasteiger partial charge on any atom is 0.371 e. The first-order valence-electron chi connectivity index (χ1n) is 4.86. The van der Waals surface area contributed by atoms with Gasteiger partial charge in [-0.2, -0.15) is 26.3 Å². The molecule has 98 valence electrons. The van der Waals surface area contributed by atoms with Crippen molar-refractivity contribution in [3.63, 3.8) is 0 Å². The molecule has 0 rings (SSSR count). The Bertz CT molecular complexity index is 216. The van der Waals surface area contributed by atoms with E-state index in [0.29, 0.717) is 0 Å². The number of hydrogen-bond acceptors (Lipinski definition) is 1. The molecule has 7 heteroatoms. The van der Waals surface area contributed by atoms with E-state index in [0.717, 1.165) is 0 Å². The first-order chi connectivity index (χ1) is 7.12. The molecular weight excluding hydrogens is 238 g/mol. The van der Waals surface area contributed by atoms with E-state index in [1.54, 1.807) is 0 Å². The Hall–Kier alpha value is -0.460. The highest BCUT2D eigenvalue weighted by Gasteiger charge is 2.69. The molecule has 0 saturated carbocycles. The normalized spacial score (nSPS) is 14.2. The van der Waals surface area contributed by atoms with Crippen LogP contribution >= 0.6 is 0 Å². The number of aliphatic hydroxyl groups excluding tert-OH is 1. The summed E-state index contributed by atoms with van der Waals surface area (Å²) in [5.41, 5.74) is 0. The lowest BCUT2D eigenvalue weighted by Gasteiger charge is -2.32. The molecule has 0 fully saturated rings. The van der Waals surface area contributed by atoms with Crippen LogP contribution in [0.4, 0.5) is 26.3 Å². The molecule has 0 radical (unpaired) electrons. The summed E-state index contributed by atoms with van der Waals surface area (Å²) in [6.45, 7) is 0.459. The number of rotatable bonds is 7. The van der Waals surface area contributed by atoms with Gasteiger partial charge in [0.2, 0.25) is 0 Å². The van der Waals surface area contributed by atoms with Gasteiger partial charge < -0.3 is 5.11 Å². The van der Waals surface area contributed by atoms with Crippen LogP contribution in [0.3, 0.4) is 0 Å². The van der Waals surface area contributed by atoms with E-state index in [-0.39, 0.29) is 6.42 Å². The monoisotopic (exact) mass is 252 g/mol. The largest absolute Gasteiger partial charge is 0.396 e. The van der Waals surface area contributed by atoms with Gasteiger partial charge in [-0.05, 0) is 6.42 Å². The van der Waals surface area contributed by atoms with Gasteiger partial charge in [-0.25, -0.2) is 0 Å². The molecule has 0 spiro atoms. The maximum atomic E-state index is 12.9. The molecule has 0 heterocycles. The lowest BCUT2D eigenvalue weighted by Crippen LogP contribution is -2.54. The summed E-state index contributed by atoms with van der Waals surface area (Å²) >= 11 is 0. The number of alkyl halides is 6. The summed E-state index contributed by atoms with van der Waals surface area (Å²) in [5.74, 6) is -14.9. The van der Waals surface area contributed by atoms with Crippen molar-refractivity contribution < 1.29 is 31.4 Å². The minimum absolute atomic E-state index is 0.321. The predicted octanol–water partition coefficient (Wildman–Crippen LogP) is 3.46. The van der Waals surface area contributed by atoms with E-state index in [9.17, 15) is 26.3 Å². The average molecular weight is 252 g/mol. The van der Waals surface area contributed by atoms with Crippen LogP contribution in [-0.2, 0) is 0 Å². The van der Waals surface area contributed by atoms with Gasteiger partial charge in [0.05, 0.1) is 0 Å². The van der Waals surface area contributed by atoms with Gasteiger partial charge in [0.25, 0.3) is 0 Å². The molecule has 0 unspecified atom stereocenters. The second-order valence-electron chi connectivity index (χ2n) is 3.56. The van der Waals surface area contributed by atoms with Crippen molar-refractivity contribution in [3.05, 3.63) is 0 Å². The molecule has 16 heavy (non-hydrogen) atoms. The van der Waals surface area contributed by atoms with E-state index in [2.05, 4.69) is 0 Å². The van der Waals surface area contributed by atoms with Crippen LogP contribution in [0.2, 0.25) is 0 Å². The van der Waals surface area contributed by atoms with E-state index >= 15 is 0 Å². The summed E-state index contributed by atoms with van der Waals surface area (Å²) < 4.78 is 77.2. The fraction of sp³-hybridized carbons (Fsp3) is 1.00. The van der Waals surface area contributed by atoms with Crippen molar-refractivity contribution in [3.8, 4) is 0 Å². The van der Waals surface area contributed by atoms with Crippen LogP contribution in [-0.4, -0.2) is 29.5 Å². The van der Waals surface area contributed by atoms with Crippen molar-refractivity contribution in [2.45, 2.75) is 50.4 Å². The first kappa shape index (κ1) is 15.5. The van der Waals surface area contributed by atoms with E-state index < -0.39 is 43.6 Å². The molecule has 0 saturated heterocycles. The van der Waals surface area contributed by atoms with Crippen LogP contribution < -0.4 is 0 Å². The van der Waals surface area contributed by atoms with Gasteiger partial charge in [0.15, 0.2) is 0 Å². The average Bonchev–Trinajstić information content (AvgIpc) is 2.14. The van der Waals surface area contributed by atoms with Crippen LogP contribution in [0, 0.1) is 0 Å². The maximum absolute atomic E-state index is 12.9. The van der Waals surface area contributed by atoms with Crippen molar-refractivity contribution >= 4 is 0 Å².